The highest BCUT2D eigenvalue weighted by Gasteiger charge is 2.12. The zero-order valence-electron chi connectivity index (χ0n) is 11.5. The molecule has 0 fully saturated rings. The molecule has 1 aromatic carbocycles. The van der Waals surface area contributed by atoms with Gasteiger partial charge in [0.05, 0.1) is 17.2 Å². The zero-order chi connectivity index (χ0) is 13.3. The first-order chi connectivity index (χ1) is 9.40. The highest BCUT2D eigenvalue weighted by molar-refractivity contribution is 7.07. The molecule has 0 bridgehead atoms. The Bertz CT molecular complexity index is 439. The van der Waals surface area contributed by atoms with Crippen molar-refractivity contribution in [2.75, 3.05) is 6.54 Å². The van der Waals surface area contributed by atoms with Crippen LogP contribution in [0.15, 0.2) is 41.2 Å². The Kier molecular flexibility index (Phi) is 6.05. The van der Waals surface area contributed by atoms with Crippen LogP contribution in [-0.4, -0.2) is 11.5 Å². The van der Waals surface area contributed by atoms with E-state index in [9.17, 15) is 0 Å². The van der Waals surface area contributed by atoms with Gasteiger partial charge in [-0.1, -0.05) is 37.3 Å². The van der Waals surface area contributed by atoms with Gasteiger partial charge in [0.25, 0.3) is 0 Å². The molecule has 0 aliphatic carbocycles. The lowest BCUT2D eigenvalue weighted by molar-refractivity contribution is 0.476. The van der Waals surface area contributed by atoms with Crippen LogP contribution < -0.4 is 5.32 Å². The van der Waals surface area contributed by atoms with Gasteiger partial charge in [-0.25, -0.2) is 4.98 Å². The summed E-state index contributed by atoms with van der Waals surface area (Å²) in [6.45, 7) is 3.27. The van der Waals surface area contributed by atoms with Gasteiger partial charge in [-0.15, -0.1) is 11.3 Å². The fourth-order valence-electron chi connectivity index (χ4n) is 2.22. The van der Waals surface area contributed by atoms with Crippen molar-refractivity contribution in [2.24, 2.45) is 0 Å². The molecule has 2 rings (SSSR count). The lowest BCUT2D eigenvalue weighted by atomic mass is 10.0. The summed E-state index contributed by atoms with van der Waals surface area (Å²) in [5.74, 6) is 0. The second-order valence-electron chi connectivity index (χ2n) is 4.80. The Labute approximate surface area is 119 Å². The standard InChI is InChI=1S/C16H22N2S/c1-2-11-17-15(16-12-19-13-18-16)10-6-9-14-7-4-3-5-8-14/h3-5,7-8,12-13,15,17H,2,6,9-11H2,1H3. The van der Waals surface area contributed by atoms with E-state index in [1.165, 1.54) is 24.1 Å². The molecule has 1 atom stereocenters. The number of thiazole rings is 1. The summed E-state index contributed by atoms with van der Waals surface area (Å²) in [5, 5.41) is 5.76. The molecule has 1 N–H and O–H groups in total. The second-order valence-corrected chi connectivity index (χ2v) is 5.52. The monoisotopic (exact) mass is 274 g/mol. The first-order valence-corrected chi connectivity index (χ1v) is 8.00. The minimum Gasteiger partial charge on any atom is -0.309 e. The molecule has 0 amide bonds. The third-order valence-corrected chi connectivity index (χ3v) is 3.85. The van der Waals surface area contributed by atoms with Crippen LogP contribution in [0.2, 0.25) is 0 Å². The highest BCUT2D eigenvalue weighted by atomic mass is 32.1. The Hall–Kier alpha value is -1.19. The summed E-state index contributed by atoms with van der Waals surface area (Å²) in [5.41, 5.74) is 4.55. The van der Waals surface area contributed by atoms with Crippen LogP contribution in [0, 0.1) is 0 Å². The molecule has 2 nitrogen and oxygen atoms in total. The molecule has 0 saturated heterocycles. The Morgan fingerprint density at radius 1 is 1.26 bits per heavy atom. The van der Waals surface area contributed by atoms with Gasteiger partial charge in [0.2, 0.25) is 0 Å². The number of rotatable bonds is 8. The van der Waals surface area contributed by atoms with Gasteiger partial charge in [-0.05, 0) is 37.8 Å². The number of aryl methyl sites for hydroxylation is 1. The molecule has 2 aromatic rings. The molecule has 102 valence electrons. The van der Waals surface area contributed by atoms with Crippen molar-refractivity contribution in [3.63, 3.8) is 0 Å². The fraction of sp³-hybridized carbons (Fsp3) is 0.438. The zero-order valence-corrected chi connectivity index (χ0v) is 12.3. The molecule has 1 heterocycles. The van der Waals surface area contributed by atoms with E-state index < -0.39 is 0 Å². The molecule has 0 aliphatic rings. The van der Waals surface area contributed by atoms with E-state index in [-0.39, 0.29) is 0 Å². The van der Waals surface area contributed by atoms with Crippen molar-refractivity contribution in [1.29, 1.82) is 0 Å². The molecular weight excluding hydrogens is 252 g/mol. The average Bonchev–Trinajstić information content (AvgIpc) is 2.98. The van der Waals surface area contributed by atoms with E-state index in [1.807, 2.05) is 5.51 Å². The largest absolute Gasteiger partial charge is 0.309 e. The van der Waals surface area contributed by atoms with E-state index in [0.29, 0.717) is 6.04 Å². The molecule has 0 spiro atoms. The summed E-state index contributed by atoms with van der Waals surface area (Å²) >= 11 is 1.68. The molecule has 0 saturated carbocycles. The first-order valence-electron chi connectivity index (χ1n) is 7.05. The fourth-order valence-corrected chi connectivity index (χ4v) is 2.83. The van der Waals surface area contributed by atoms with Gasteiger partial charge in [-0.2, -0.15) is 0 Å². The minimum absolute atomic E-state index is 0.412. The number of nitrogens with zero attached hydrogens (tertiary/aromatic N) is 1. The third kappa shape index (κ3) is 4.77. The van der Waals surface area contributed by atoms with Crippen LogP contribution in [0.25, 0.3) is 0 Å². The maximum Gasteiger partial charge on any atom is 0.0795 e. The summed E-state index contributed by atoms with van der Waals surface area (Å²) in [4.78, 5) is 4.45. The number of benzene rings is 1. The molecule has 3 heteroatoms. The van der Waals surface area contributed by atoms with Gasteiger partial charge < -0.3 is 5.32 Å². The average molecular weight is 274 g/mol. The maximum absolute atomic E-state index is 4.45. The number of hydrogen-bond acceptors (Lipinski definition) is 3. The van der Waals surface area contributed by atoms with Crippen LogP contribution in [0.1, 0.15) is 43.5 Å². The minimum atomic E-state index is 0.412. The topological polar surface area (TPSA) is 24.9 Å². The van der Waals surface area contributed by atoms with Crippen LogP contribution in [0.5, 0.6) is 0 Å². The maximum atomic E-state index is 4.45. The van der Waals surface area contributed by atoms with Gasteiger partial charge >= 0.3 is 0 Å². The van der Waals surface area contributed by atoms with E-state index >= 15 is 0 Å². The number of hydrogen-bond donors (Lipinski definition) is 1. The quantitative estimate of drug-likeness (QED) is 0.780. The highest BCUT2D eigenvalue weighted by Crippen LogP contribution is 2.19. The van der Waals surface area contributed by atoms with E-state index in [4.69, 9.17) is 0 Å². The van der Waals surface area contributed by atoms with E-state index in [0.717, 1.165) is 19.4 Å². The summed E-state index contributed by atoms with van der Waals surface area (Å²) in [6, 6.07) is 11.1. The summed E-state index contributed by atoms with van der Waals surface area (Å²) in [6.07, 6.45) is 4.66. The number of aromatic nitrogens is 1. The van der Waals surface area contributed by atoms with Crippen molar-refractivity contribution >= 4 is 11.3 Å². The SMILES string of the molecule is CCCNC(CCCc1ccccc1)c1cscn1. The lowest BCUT2D eigenvalue weighted by Gasteiger charge is -2.16. The van der Waals surface area contributed by atoms with Gasteiger partial charge in [0.15, 0.2) is 0 Å². The van der Waals surface area contributed by atoms with Crippen LogP contribution in [0.4, 0.5) is 0 Å². The van der Waals surface area contributed by atoms with Crippen LogP contribution in [-0.2, 0) is 6.42 Å². The predicted molar refractivity (Wildman–Crippen MR) is 82.5 cm³/mol. The van der Waals surface area contributed by atoms with E-state index in [1.54, 1.807) is 11.3 Å². The Morgan fingerprint density at radius 2 is 2.11 bits per heavy atom. The van der Waals surface area contributed by atoms with Crippen molar-refractivity contribution in [3.8, 4) is 0 Å². The molecule has 1 aromatic heterocycles. The lowest BCUT2D eigenvalue weighted by Crippen LogP contribution is -2.22. The summed E-state index contributed by atoms with van der Waals surface area (Å²) < 4.78 is 0. The van der Waals surface area contributed by atoms with Crippen molar-refractivity contribution < 1.29 is 0 Å². The summed E-state index contributed by atoms with van der Waals surface area (Å²) in [7, 11) is 0. The third-order valence-electron chi connectivity index (χ3n) is 3.25. The van der Waals surface area contributed by atoms with Crippen LogP contribution in [0.3, 0.4) is 0 Å². The normalized spacial score (nSPS) is 12.5. The van der Waals surface area contributed by atoms with Gasteiger partial charge in [0, 0.05) is 5.38 Å². The van der Waals surface area contributed by atoms with Crippen molar-refractivity contribution in [1.82, 2.24) is 10.3 Å². The van der Waals surface area contributed by atoms with Crippen molar-refractivity contribution in [3.05, 3.63) is 52.5 Å². The number of nitrogens with one attached hydrogen (secondary N) is 1. The molecule has 0 radical (unpaired) electrons. The van der Waals surface area contributed by atoms with Crippen molar-refractivity contribution in [2.45, 2.75) is 38.6 Å². The first kappa shape index (κ1) is 14.2. The molecule has 0 aliphatic heterocycles. The van der Waals surface area contributed by atoms with E-state index in [2.05, 4.69) is 52.9 Å². The molecule has 19 heavy (non-hydrogen) atoms. The predicted octanol–water partition coefficient (Wildman–Crippen LogP) is 4.21. The smallest absolute Gasteiger partial charge is 0.0795 e. The molecular formula is C16H22N2S. The Balaban J connectivity index is 1.83. The molecule has 1 unspecified atom stereocenters. The van der Waals surface area contributed by atoms with Gasteiger partial charge in [-0.3, -0.25) is 0 Å². The van der Waals surface area contributed by atoms with Crippen LogP contribution >= 0.6 is 11.3 Å². The van der Waals surface area contributed by atoms with Gasteiger partial charge in [0.1, 0.15) is 0 Å². The second kappa shape index (κ2) is 8.08. The Morgan fingerprint density at radius 3 is 2.79 bits per heavy atom.